The van der Waals surface area contributed by atoms with Gasteiger partial charge in [0, 0.05) is 10.7 Å². The van der Waals surface area contributed by atoms with Crippen molar-refractivity contribution in [2.45, 2.75) is 107 Å². The molecule has 0 radical (unpaired) electrons. The van der Waals surface area contributed by atoms with Crippen molar-refractivity contribution in [3.05, 3.63) is 29.3 Å². The Morgan fingerprint density at radius 1 is 0.667 bits per heavy atom. The molecule has 0 spiro atoms. The van der Waals surface area contributed by atoms with E-state index < -0.39 is 10.1 Å². The number of alkyl halides is 2. The zero-order valence-corrected chi connectivity index (χ0v) is 22.6. The van der Waals surface area contributed by atoms with Crippen LogP contribution in [0.3, 0.4) is 0 Å². The molecule has 0 aliphatic carbocycles. The molecule has 0 atom stereocenters. The van der Waals surface area contributed by atoms with Crippen molar-refractivity contribution in [1.29, 1.82) is 0 Å². The zero-order chi connectivity index (χ0) is 22.1. The van der Waals surface area contributed by atoms with Gasteiger partial charge in [0.15, 0.2) is 0 Å². The highest BCUT2D eigenvalue weighted by atomic mass is 79.9. The van der Waals surface area contributed by atoms with Crippen LogP contribution in [0.25, 0.3) is 0 Å². The molecule has 0 aliphatic heterocycles. The van der Waals surface area contributed by atoms with Gasteiger partial charge in [0.25, 0.3) is 0 Å². The van der Waals surface area contributed by atoms with Crippen molar-refractivity contribution in [2.24, 2.45) is 0 Å². The van der Waals surface area contributed by atoms with Gasteiger partial charge in [0.1, 0.15) is 5.75 Å². The number of hydrogen-bond donors (Lipinski definition) is 0. The van der Waals surface area contributed by atoms with Gasteiger partial charge < -0.3 is 4.18 Å². The molecule has 0 bridgehead atoms. The van der Waals surface area contributed by atoms with Crippen molar-refractivity contribution in [3.63, 3.8) is 0 Å². The van der Waals surface area contributed by atoms with Gasteiger partial charge in [0.2, 0.25) is 0 Å². The van der Waals surface area contributed by atoms with Gasteiger partial charge in [-0.05, 0) is 29.7 Å². The monoisotopic (exact) mass is 566 g/mol. The number of rotatable bonds is 19. The third-order valence-corrected chi connectivity index (χ3v) is 7.84. The minimum absolute atomic E-state index is 0.0905. The largest absolute Gasteiger partial charge is 0.382 e. The highest BCUT2D eigenvalue weighted by Crippen LogP contribution is 2.23. The van der Waals surface area contributed by atoms with Crippen LogP contribution in [0.5, 0.6) is 5.75 Å². The molecule has 0 aliphatic rings. The van der Waals surface area contributed by atoms with Gasteiger partial charge in [-0.2, -0.15) is 8.42 Å². The average Bonchev–Trinajstić information content (AvgIpc) is 2.73. The molecule has 0 aromatic heterocycles. The molecule has 1 aromatic rings. The maximum absolute atomic E-state index is 12.3. The molecule has 3 nitrogen and oxygen atoms in total. The summed E-state index contributed by atoms with van der Waals surface area (Å²) in [6, 6.07) is 5.59. The topological polar surface area (TPSA) is 43.4 Å². The first-order chi connectivity index (χ1) is 14.5. The van der Waals surface area contributed by atoms with Crippen LogP contribution in [0, 0.1) is 0 Å². The lowest BCUT2D eigenvalue weighted by atomic mass is 10.0. The second-order valence-electron chi connectivity index (χ2n) is 8.19. The van der Waals surface area contributed by atoms with E-state index in [1.807, 2.05) is 6.07 Å². The first kappa shape index (κ1) is 28.0. The molecule has 0 saturated carbocycles. The summed E-state index contributed by atoms with van der Waals surface area (Å²) in [6.07, 6.45) is 17.5. The summed E-state index contributed by atoms with van der Waals surface area (Å²) in [5.41, 5.74) is 2.02. The van der Waals surface area contributed by atoms with Crippen molar-refractivity contribution in [1.82, 2.24) is 0 Å². The Morgan fingerprint density at radius 2 is 1.07 bits per heavy atom. The summed E-state index contributed by atoms with van der Waals surface area (Å²) in [7, 11) is -3.53. The summed E-state index contributed by atoms with van der Waals surface area (Å²) in [4.78, 5) is 0. The summed E-state index contributed by atoms with van der Waals surface area (Å²) in [6.45, 7) is 2.26. The summed E-state index contributed by atoms with van der Waals surface area (Å²) in [5, 5.41) is 1.34. The Bertz CT molecular complexity index is 640. The second kappa shape index (κ2) is 17.5. The van der Waals surface area contributed by atoms with Crippen LogP contribution in [0.15, 0.2) is 18.2 Å². The molecule has 0 unspecified atom stereocenters. The Morgan fingerprint density at radius 3 is 1.47 bits per heavy atom. The van der Waals surface area contributed by atoms with Crippen LogP contribution in [0.4, 0.5) is 0 Å². The number of unbranched alkanes of at least 4 members (excludes halogenated alkanes) is 13. The fraction of sp³-hybridized carbons (Fsp3) is 0.750. The summed E-state index contributed by atoms with van der Waals surface area (Å²) < 4.78 is 29.9. The lowest BCUT2D eigenvalue weighted by Crippen LogP contribution is -2.14. The van der Waals surface area contributed by atoms with E-state index in [0.29, 0.717) is 22.8 Å². The minimum Gasteiger partial charge on any atom is -0.382 e. The van der Waals surface area contributed by atoms with E-state index in [1.165, 1.54) is 70.6 Å². The Hall–Kier alpha value is -0.0700. The van der Waals surface area contributed by atoms with Gasteiger partial charge in [-0.25, -0.2) is 0 Å². The molecule has 6 heteroatoms. The quantitative estimate of drug-likeness (QED) is 0.0953. The maximum atomic E-state index is 12.3. The molecular formula is C24H40Br2O3S. The lowest BCUT2D eigenvalue weighted by Gasteiger charge is -2.10. The number of hydrogen-bond acceptors (Lipinski definition) is 3. The van der Waals surface area contributed by atoms with Crippen LogP contribution >= 0.6 is 31.9 Å². The van der Waals surface area contributed by atoms with E-state index in [9.17, 15) is 8.42 Å². The predicted molar refractivity (Wildman–Crippen MR) is 136 cm³/mol. The van der Waals surface area contributed by atoms with E-state index in [1.54, 1.807) is 12.1 Å². The van der Waals surface area contributed by atoms with Gasteiger partial charge in [-0.1, -0.05) is 128 Å². The van der Waals surface area contributed by atoms with Gasteiger partial charge in [0.05, 0.1) is 5.75 Å². The SMILES string of the molecule is CCCCCCCCCCCCCCCCS(=O)(=O)Oc1cc(CBr)cc(CBr)c1. The third kappa shape index (κ3) is 14.1. The first-order valence-corrected chi connectivity index (χ1v) is 15.5. The van der Waals surface area contributed by atoms with Crippen LogP contribution in [-0.2, 0) is 20.8 Å². The van der Waals surface area contributed by atoms with Crippen molar-refractivity contribution in [2.75, 3.05) is 5.75 Å². The normalized spacial score (nSPS) is 11.7. The Balaban J connectivity index is 2.08. The third-order valence-electron chi connectivity index (χ3n) is 5.31. The molecule has 174 valence electrons. The van der Waals surface area contributed by atoms with Crippen LogP contribution in [0.2, 0.25) is 0 Å². The summed E-state index contributed by atoms with van der Waals surface area (Å²) >= 11 is 6.83. The number of benzene rings is 1. The van der Waals surface area contributed by atoms with Crippen LogP contribution in [-0.4, -0.2) is 14.2 Å². The Labute approximate surface area is 202 Å². The maximum Gasteiger partial charge on any atom is 0.309 e. The van der Waals surface area contributed by atoms with E-state index in [2.05, 4.69) is 38.8 Å². The van der Waals surface area contributed by atoms with Crippen molar-refractivity contribution in [3.8, 4) is 5.75 Å². The number of halogens is 2. The van der Waals surface area contributed by atoms with E-state index in [-0.39, 0.29) is 5.75 Å². The van der Waals surface area contributed by atoms with Crippen molar-refractivity contribution < 1.29 is 12.6 Å². The molecule has 0 saturated heterocycles. The minimum atomic E-state index is -3.53. The Kier molecular flexibility index (Phi) is 16.3. The van der Waals surface area contributed by atoms with E-state index in [0.717, 1.165) is 24.0 Å². The smallest absolute Gasteiger partial charge is 0.309 e. The van der Waals surface area contributed by atoms with Crippen LogP contribution < -0.4 is 4.18 Å². The highest BCUT2D eigenvalue weighted by Gasteiger charge is 2.13. The molecule has 0 N–H and O–H groups in total. The van der Waals surface area contributed by atoms with E-state index in [4.69, 9.17) is 4.18 Å². The second-order valence-corrected chi connectivity index (χ2v) is 11.0. The molecule has 1 rings (SSSR count). The highest BCUT2D eigenvalue weighted by molar-refractivity contribution is 9.08. The zero-order valence-electron chi connectivity index (χ0n) is 18.6. The van der Waals surface area contributed by atoms with Gasteiger partial charge in [-0.3, -0.25) is 0 Å². The summed E-state index contributed by atoms with van der Waals surface area (Å²) in [5.74, 6) is 0.500. The molecule has 0 heterocycles. The molecule has 1 aromatic carbocycles. The lowest BCUT2D eigenvalue weighted by molar-refractivity contribution is 0.481. The fourth-order valence-corrected chi connectivity index (χ4v) is 5.27. The fourth-order valence-electron chi connectivity index (χ4n) is 3.59. The van der Waals surface area contributed by atoms with E-state index >= 15 is 0 Å². The van der Waals surface area contributed by atoms with Crippen molar-refractivity contribution >= 4 is 42.0 Å². The van der Waals surface area contributed by atoms with Gasteiger partial charge >= 0.3 is 10.1 Å². The average molecular weight is 568 g/mol. The van der Waals surface area contributed by atoms with Crippen LogP contribution in [0.1, 0.15) is 108 Å². The predicted octanol–water partition coefficient (Wildman–Crippen LogP) is 8.67. The standard InChI is InChI=1S/C24H40Br2O3S/c1-2-3-4-5-6-7-8-9-10-11-12-13-14-15-16-30(27,28)29-24-18-22(20-25)17-23(19-24)21-26/h17-19H,2-16,20-21H2,1H3. The first-order valence-electron chi connectivity index (χ1n) is 11.7. The molecule has 0 amide bonds. The van der Waals surface area contributed by atoms with Gasteiger partial charge in [-0.15, -0.1) is 0 Å². The molecular weight excluding hydrogens is 528 g/mol. The molecule has 30 heavy (non-hydrogen) atoms. The molecule has 0 fully saturated rings.